The van der Waals surface area contributed by atoms with Crippen LogP contribution in [0.5, 0.6) is 0 Å². The van der Waals surface area contributed by atoms with Gasteiger partial charge >= 0.3 is 6.18 Å². The molecule has 0 radical (unpaired) electrons. The molecular weight excluding hydrogens is 243 g/mol. The van der Waals surface area contributed by atoms with E-state index in [-0.39, 0.29) is 12.3 Å². The minimum absolute atomic E-state index is 0.0135. The van der Waals surface area contributed by atoms with Crippen molar-refractivity contribution in [2.75, 3.05) is 18.0 Å². The molecule has 1 aromatic rings. The molecule has 0 N–H and O–H groups in total. The van der Waals surface area contributed by atoms with Crippen LogP contribution in [-0.4, -0.2) is 25.0 Å². The molecule has 0 aliphatic heterocycles. The van der Waals surface area contributed by atoms with Gasteiger partial charge in [-0.1, -0.05) is 6.92 Å². The summed E-state index contributed by atoms with van der Waals surface area (Å²) >= 11 is 0. The number of halogens is 3. The van der Waals surface area contributed by atoms with Gasteiger partial charge in [0.2, 0.25) is 0 Å². The van der Waals surface area contributed by atoms with Crippen LogP contribution < -0.4 is 4.90 Å². The number of Topliss-reactive ketones (excluding diaryl/α,β-unsaturated/α-hetero) is 1. The highest BCUT2D eigenvalue weighted by Crippen LogP contribution is 2.22. The fourth-order valence-electron chi connectivity index (χ4n) is 1.66. The monoisotopic (exact) mass is 259 g/mol. The van der Waals surface area contributed by atoms with Crippen molar-refractivity contribution in [1.82, 2.24) is 0 Å². The highest BCUT2D eigenvalue weighted by atomic mass is 19.4. The first-order valence-corrected chi connectivity index (χ1v) is 5.82. The molecule has 2 nitrogen and oxygen atoms in total. The average Bonchev–Trinajstić information content (AvgIpc) is 2.34. The van der Waals surface area contributed by atoms with Crippen molar-refractivity contribution in [3.8, 4) is 0 Å². The Morgan fingerprint density at radius 3 is 2.11 bits per heavy atom. The zero-order valence-corrected chi connectivity index (χ0v) is 10.4. The van der Waals surface area contributed by atoms with E-state index in [2.05, 4.69) is 0 Å². The van der Waals surface area contributed by atoms with Gasteiger partial charge in [0, 0.05) is 24.2 Å². The molecule has 0 unspecified atom stereocenters. The number of alkyl halides is 3. The molecule has 0 fully saturated rings. The Bertz CT molecular complexity index is 398. The van der Waals surface area contributed by atoms with Crippen LogP contribution in [0.3, 0.4) is 0 Å². The van der Waals surface area contributed by atoms with Gasteiger partial charge < -0.3 is 4.90 Å². The molecule has 0 aliphatic rings. The Balaban J connectivity index is 2.85. The SMILES string of the molecule is CCC(=O)c1ccc(N(CC)CC(F)(F)F)cc1. The normalized spacial score (nSPS) is 11.4. The molecular formula is C13H16F3NO. The number of anilines is 1. The lowest BCUT2D eigenvalue weighted by Gasteiger charge is -2.24. The Labute approximate surface area is 104 Å². The summed E-state index contributed by atoms with van der Waals surface area (Å²) in [6.45, 7) is 2.69. The third-order valence-corrected chi connectivity index (χ3v) is 2.63. The highest BCUT2D eigenvalue weighted by Gasteiger charge is 2.30. The molecule has 5 heteroatoms. The van der Waals surface area contributed by atoms with Gasteiger partial charge in [-0.3, -0.25) is 4.79 Å². The number of hydrogen-bond donors (Lipinski definition) is 0. The Hall–Kier alpha value is -1.52. The molecule has 18 heavy (non-hydrogen) atoms. The van der Waals surface area contributed by atoms with Gasteiger partial charge in [-0.2, -0.15) is 13.2 Å². The van der Waals surface area contributed by atoms with Crippen molar-refractivity contribution in [3.63, 3.8) is 0 Å². The molecule has 0 bridgehead atoms. The summed E-state index contributed by atoms with van der Waals surface area (Å²) in [6.07, 6.45) is -3.84. The van der Waals surface area contributed by atoms with Crippen LogP contribution >= 0.6 is 0 Å². The molecule has 1 rings (SSSR count). The van der Waals surface area contributed by atoms with Crippen LogP contribution in [0.15, 0.2) is 24.3 Å². The summed E-state index contributed by atoms with van der Waals surface area (Å²) in [6, 6.07) is 6.25. The van der Waals surface area contributed by atoms with E-state index >= 15 is 0 Å². The van der Waals surface area contributed by atoms with Crippen molar-refractivity contribution in [3.05, 3.63) is 29.8 Å². The molecule has 0 spiro atoms. The quantitative estimate of drug-likeness (QED) is 0.752. The lowest BCUT2D eigenvalue weighted by atomic mass is 10.1. The first kappa shape index (κ1) is 14.5. The predicted octanol–water partition coefficient (Wildman–Crippen LogP) is 3.67. The smallest absolute Gasteiger partial charge is 0.363 e. The number of nitrogens with zero attached hydrogens (tertiary/aromatic N) is 1. The van der Waals surface area contributed by atoms with Crippen molar-refractivity contribution in [1.29, 1.82) is 0 Å². The summed E-state index contributed by atoms with van der Waals surface area (Å²) in [5.41, 5.74) is 1.01. The van der Waals surface area contributed by atoms with Crippen molar-refractivity contribution in [2.45, 2.75) is 26.4 Å². The van der Waals surface area contributed by atoms with E-state index in [1.54, 1.807) is 38.1 Å². The van der Waals surface area contributed by atoms with Crippen LogP contribution in [0.25, 0.3) is 0 Å². The van der Waals surface area contributed by atoms with Crippen molar-refractivity contribution >= 4 is 11.5 Å². The minimum atomic E-state index is -4.23. The summed E-state index contributed by atoms with van der Waals surface area (Å²) in [4.78, 5) is 12.6. The fraction of sp³-hybridized carbons (Fsp3) is 0.462. The third kappa shape index (κ3) is 4.05. The molecule has 0 aliphatic carbocycles. The largest absolute Gasteiger partial charge is 0.405 e. The average molecular weight is 259 g/mol. The van der Waals surface area contributed by atoms with Crippen LogP contribution in [0, 0.1) is 0 Å². The standard InChI is InChI=1S/C13H16F3NO/c1-3-12(18)10-5-7-11(8-6-10)17(4-2)9-13(14,15)16/h5-8H,3-4,9H2,1-2H3. The Morgan fingerprint density at radius 1 is 1.17 bits per heavy atom. The van der Waals surface area contributed by atoms with Gasteiger partial charge in [0.15, 0.2) is 5.78 Å². The van der Waals surface area contributed by atoms with Crippen molar-refractivity contribution in [2.24, 2.45) is 0 Å². The molecule has 0 amide bonds. The molecule has 0 saturated heterocycles. The van der Waals surface area contributed by atoms with Gasteiger partial charge in [0.05, 0.1) is 0 Å². The third-order valence-electron chi connectivity index (χ3n) is 2.63. The number of benzene rings is 1. The Kier molecular flexibility index (Phi) is 4.76. The van der Waals surface area contributed by atoms with E-state index < -0.39 is 12.7 Å². The van der Waals surface area contributed by atoms with E-state index in [1.807, 2.05) is 0 Å². The maximum absolute atomic E-state index is 12.3. The maximum Gasteiger partial charge on any atom is 0.405 e. The number of carbonyl (C=O) groups excluding carboxylic acids is 1. The second-order valence-corrected chi connectivity index (χ2v) is 3.95. The number of hydrogen-bond acceptors (Lipinski definition) is 2. The topological polar surface area (TPSA) is 20.3 Å². The highest BCUT2D eigenvalue weighted by molar-refractivity contribution is 5.96. The number of rotatable bonds is 5. The van der Waals surface area contributed by atoms with Gasteiger partial charge in [-0.15, -0.1) is 0 Å². The summed E-state index contributed by atoms with van der Waals surface area (Å²) in [7, 11) is 0. The molecule has 0 aromatic heterocycles. The van der Waals surface area contributed by atoms with E-state index in [0.29, 0.717) is 17.7 Å². The first-order valence-electron chi connectivity index (χ1n) is 5.82. The van der Waals surface area contributed by atoms with Gasteiger partial charge in [0.1, 0.15) is 6.54 Å². The lowest BCUT2D eigenvalue weighted by molar-refractivity contribution is -0.119. The van der Waals surface area contributed by atoms with Gasteiger partial charge in [-0.25, -0.2) is 0 Å². The molecule has 0 saturated carbocycles. The van der Waals surface area contributed by atoms with Crippen LogP contribution in [0.4, 0.5) is 18.9 Å². The maximum atomic E-state index is 12.3. The van der Waals surface area contributed by atoms with Gasteiger partial charge in [-0.05, 0) is 31.2 Å². The molecule has 100 valence electrons. The fourth-order valence-corrected chi connectivity index (χ4v) is 1.66. The van der Waals surface area contributed by atoms with E-state index in [0.717, 1.165) is 0 Å². The summed E-state index contributed by atoms with van der Waals surface area (Å²) in [5, 5.41) is 0. The van der Waals surface area contributed by atoms with Crippen molar-refractivity contribution < 1.29 is 18.0 Å². The lowest BCUT2D eigenvalue weighted by Crippen LogP contribution is -2.34. The zero-order valence-electron chi connectivity index (χ0n) is 10.4. The second kappa shape index (κ2) is 5.89. The number of carbonyl (C=O) groups is 1. The molecule has 0 heterocycles. The summed E-state index contributed by atoms with van der Waals surface area (Å²) < 4.78 is 37.0. The molecule has 0 atom stereocenters. The predicted molar refractivity (Wildman–Crippen MR) is 65.0 cm³/mol. The minimum Gasteiger partial charge on any atom is -0.363 e. The van der Waals surface area contributed by atoms with E-state index in [1.165, 1.54) is 4.90 Å². The van der Waals surface area contributed by atoms with E-state index in [4.69, 9.17) is 0 Å². The van der Waals surface area contributed by atoms with E-state index in [9.17, 15) is 18.0 Å². The van der Waals surface area contributed by atoms with Gasteiger partial charge in [0.25, 0.3) is 0 Å². The van der Waals surface area contributed by atoms with Crippen LogP contribution in [-0.2, 0) is 0 Å². The summed E-state index contributed by atoms with van der Waals surface area (Å²) in [5.74, 6) is -0.0135. The molecule has 1 aromatic carbocycles. The Morgan fingerprint density at radius 2 is 1.72 bits per heavy atom. The zero-order chi connectivity index (χ0) is 13.8. The van der Waals surface area contributed by atoms with Crippen LogP contribution in [0.2, 0.25) is 0 Å². The first-order chi connectivity index (χ1) is 8.37. The second-order valence-electron chi connectivity index (χ2n) is 3.95. The number of ketones is 1. The van der Waals surface area contributed by atoms with Crippen LogP contribution in [0.1, 0.15) is 30.6 Å².